The van der Waals surface area contributed by atoms with E-state index in [-0.39, 0.29) is 13.4 Å². The minimum Gasteiger partial charge on any atom is -0.465 e. The van der Waals surface area contributed by atoms with Crippen molar-refractivity contribution >= 4 is 5.97 Å². The molecule has 1 unspecified atom stereocenters. The fourth-order valence-corrected chi connectivity index (χ4v) is 2.76. The highest BCUT2D eigenvalue weighted by Gasteiger charge is 2.24. The third-order valence-corrected chi connectivity index (χ3v) is 4.07. The molecule has 0 heterocycles. The first kappa shape index (κ1) is 19.2. The van der Waals surface area contributed by atoms with E-state index in [1.807, 2.05) is 25.1 Å². The van der Waals surface area contributed by atoms with E-state index >= 15 is 0 Å². The molecule has 0 saturated heterocycles. The molecular weight excluding hydrogens is 288 g/mol. The van der Waals surface area contributed by atoms with Crippen LogP contribution in [0.1, 0.15) is 74.5 Å². The van der Waals surface area contributed by atoms with Crippen molar-refractivity contribution < 1.29 is 14.6 Å². The Labute approximate surface area is 139 Å². The van der Waals surface area contributed by atoms with Gasteiger partial charge in [0.25, 0.3) is 0 Å². The van der Waals surface area contributed by atoms with E-state index in [2.05, 4.69) is 19.9 Å². The fraction of sp³-hybridized carbons (Fsp3) is 0.450. The summed E-state index contributed by atoms with van der Waals surface area (Å²) in [6.45, 7) is 6.30. The zero-order chi connectivity index (χ0) is 16.3. The van der Waals surface area contributed by atoms with Crippen LogP contribution in [0.5, 0.6) is 0 Å². The lowest BCUT2D eigenvalue weighted by Crippen LogP contribution is -2.00. The molecule has 0 radical (unpaired) electrons. The third kappa shape index (κ3) is 3.91. The molecule has 0 aromatic rings. The lowest BCUT2D eigenvalue weighted by atomic mass is 10.0. The van der Waals surface area contributed by atoms with Crippen LogP contribution in [0.25, 0.3) is 11.1 Å². The minimum atomic E-state index is -0.559. The summed E-state index contributed by atoms with van der Waals surface area (Å²) in [5.74, 6) is 0.0411. The molecule has 3 heteroatoms. The number of aliphatic hydroxyl groups is 1. The molecule has 2 aliphatic carbocycles. The SMILES string of the molecule is C.CCCC(O)c1cc(C(=O)OC)c2ccc(C(C)C)ccc1-2. The number of rotatable bonds is 5. The first-order chi connectivity index (χ1) is 10.5. The normalized spacial score (nSPS) is 12.1. The highest BCUT2D eigenvalue weighted by atomic mass is 16.5. The molecule has 0 saturated carbocycles. The van der Waals surface area contributed by atoms with Gasteiger partial charge in [-0.1, -0.05) is 58.9 Å². The molecule has 0 spiro atoms. The van der Waals surface area contributed by atoms with E-state index < -0.39 is 6.10 Å². The second-order valence-electron chi connectivity index (χ2n) is 5.96. The van der Waals surface area contributed by atoms with E-state index in [1.165, 1.54) is 12.7 Å². The van der Waals surface area contributed by atoms with Gasteiger partial charge in [0.15, 0.2) is 0 Å². The van der Waals surface area contributed by atoms with Crippen LogP contribution < -0.4 is 0 Å². The Morgan fingerprint density at radius 3 is 2.30 bits per heavy atom. The van der Waals surface area contributed by atoms with Crippen LogP contribution in [0, 0.1) is 0 Å². The molecule has 2 aliphatic rings. The average Bonchev–Trinajstić information content (AvgIpc) is 2.71. The molecule has 3 nitrogen and oxygen atoms in total. The van der Waals surface area contributed by atoms with Crippen LogP contribution >= 0.6 is 0 Å². The van der Waals surface area contributed by atoms with E-state index in [4.69, 9.17) is 4.74 Å². The van der Waals surface area contributed by atoms with Crippen molar-refractivity contribution in [3.05, 3.63) is 47.0 Å². The van der Waals surface area contributed by atoms with Gasteiger partial charge in [-0.2, -0.15) is 0 Å². The van der Waals surface area contributed by atoms with Gasteiger partial charge in [-0.3, -0.25) is 0 Å². The van der Waals surface area contributed by atoms with Crippen molar-refractivity contribution in [2.45, 2.75) is 53.1 Å². The summed E-state index contributed by atoms with van der Waals surface area (Å²) in [5, 5.41) is 10.4. The second kappa shape index (κ2) is 8.11. The summed E-state index contributed by atoms with van der Waals surface area (Å²) in [6.07, 6.45) is 1.00. The molecule has 0 aliphatic heterocycles. The maximum Gasteiger partial charge on any atom is 0.338 e. The van der Waals surface area contributed by atoms with Gasteiger partial charge < -0.3 is 9.84 Å². The van der Waals surface area contributed by atoms with Crippen molar-refractivity contribution in [3.8, 4) is 11.1 Å². The highest BCUT2D eigenvalue weighted by Crippen LogP contribution is 2.38. The van der Waals surface area contributed by atoms with Gasteiger partial charge in [-0.05, 0) is 40.7 Å². The van der Waals surface area contributed by atoms with E-state index in [0.29, 0.717) is 17.9 Å². The number of esters is 1. The number of ether oxygens (including phenoxy) is 1. The summed E-state index contributed by atoms with van der Waals surface area (Å²) in [6, 6.07) is 9.84. The summed E-state index contributed by atoms with van der Waals surface area (Å²) in [5.41, 5.74) is 4.29. The molecule has 0 aromatic carbocycles. The van der Waals surface area contributed by atoms with Crippen LogP contribution in [-0.4, -0.2) is 18.2 Å². The number of methoxy groups -OCH3 is 1. The summed E-state index contributed by atoms with van der Waals surface area (Å²) >= 11 is 0. The standard InChI is InChI=1S/C19H24O3.CH4/c1-5-6-18(20)16-11-17(19(21)22-4)15-10-8-13(12(2)3)7-9-14(15)16;/h7-12,18,20H,5-6H2,1-4H3;1H4. The number of carbonyl (C=O) groups excluding carboxylic acids is 1. The molecule has 126 valence electrons. The van der Waals surface area contributed by atoms with Crippen molar-refractivity contribution in [2.75, 3.05) is 7.11 Å². The Bertz CT molecular complexity index is 631. The predicted molar refractivity (Wildman–Crippen MR) is 95.1 cm³/mol. The van der Waals surface area contributed by atoms with E-state index in [0.717, 1.165) is 23.1 Å². The van der Waals surface area contributed by atoms with Crippen LogP contribution in [0.3, 0.4) is 0 Å². The summed E-state index contributed by atoms with van der Waals surface area (Å²) < 4.78 is 4.89. The topological polar surface area (TPSA) is 46.5 Å². The Morgan fingerprint density at radius 2 is 1.78 bits per heavy atom. The maximum absolute atomic E-state index is 12.0. The number of hydrogen-bond donors (Lipinski definition) is 1. The summed E-state index contributed by atoms with van der Waals surface area (Å²) in [4.78, 5) is 12.0. The Balaban J connectivity index is 0.00000264. The Kier molecular flexibility index (Phi) is 6.77. The molecule has 0 amide bonds. The van der Waals surface area contributed by atoms with Gasteiger partial charge in [0.2, 0.25) is 0 Å². The molecular formula is C20H28O3. The minimum absolute atomic E-state index is 0. The molecule has 0 aromatic heterocycles. The lowest BCUT2D eigenvalue weighted by Gasteiger charge is -2.09. The quantitative estimate of drug-likeness (QED) is 0.774. The van der Waals surface area contributed by atoms with Crippen molar-refractivity contribution in [1.82, 2.24) is 0 Å². The fourth-order valence-electron chi connectivity index (χ4n) is 2.76. The number of carbonyl (C=O) groups is 1. The zero-order valence-corrected chi connectivity index (χ0v) is 13.7. The van der Waals surface area contributed by atoms with Crippen molar-refractivity contribution in [1.29, 1.82) is 0 Å². The van der Waals surface area contributed by atoms with Gasteiger partial charge in [-0.25, -0.2) is 4.79 Å². The predicted octanol–water partition coefficient (Wildman–Crippen LogP) is 5.17. The van der Waals surface area contributed by atoms with Crippen molar-refractivity contribution in [3.63, 3.8) is 0 Å². The van der Waals surface area contributed by atoms with Crippen molar-refractivity contribution in [2.24, 2.45) is 0 Å². The van der Waals surface area contributed by atoms with Gasteiger partial charge in [0.1, 0.15) is 0 Å². The highest BCUT2D eigenvalue weighted by molar-refractivity contribution is 6.00. The number of hydrogen-bond acceptors (Lipinski definition) is 3. The molecule has 1 atom stereocenters. The third-order valence-electron chi connectivity index (χ3n) is 4.07. The second-order valence-corrected chi connectivity index (χ2v) is 5.96. The van der Waals surface area contributed by atoms with Gasteiger partial charge in [0, 0.05) is 0 Å². The Hall–Kier alpha value is -1.87. The van der Waals surface area contributed by atoms with Crippen LogP contribution in [0.2, 0.25) is 0 Å². The average molecular weight is 316 g/mol. The first-order valence-corrected chi connectivity index (χ1v) is 7.82. The summed E-state index contributed by atoms with van der Waals surface area (Å²) in [7, 11) is 1.38. The molecule has 0 fully saturated rings. The van der Waals surface area contributed by atoms with E-state index in [1.54, 1.807) is 6.07 Å². The maximum atomic E-state index is 12.0. The largest absolute Gasteiger partial charge is 0.465 e. The molecule has 0 bridgehead atoms. The first-order valence-electron chi connectivity index (χ1n) is 7.82. The van der Waals surface area contributed by atoms with Gasteiger partial charge in [0.05, 0.1) is 18.8 Å². The molecule has 2 rings (SSSR count). The number of aliphatic hydroxyl groups excluding tert-OH is 1. The molecule has 1 N–H and O–H groups in total. The number of fused-ring (bicyclic) bond motifs is 1. The smallest absolute Gasteiger partial charge is 0.338 e. The zero-order valence-electron chi connectivity index (χ0n) is 13.7. The Morgan fingerprint density at radius 1 is 1.17 bits per heavy atom. The van der Waals surface area contributed by atoms with Crippen LogP contribution in [0.4, 0.5) is 0 Å². The lowest BCUT2D eigenvalue weighted by molar-refractivity contribution is 0.0602. The van der Waals surface area contributed by atoms with Gasteiger partial charge >= 0.3 is 5.97 Å². The van der Waals surface area contributed by atoms with E-state index in [9.17, 15) is 9.90 Å². The van der Waals surface area contributed by atoms with Gasteiger partial charge in [-0.15, -0.1) is 0 Å². The van der Waals surface area contributed by atoms with Crippen LogP contribution in [-0.2, 0) is 4.74 Å². The van der Waals surface area contributed by atoms with Crippen LogP contribution in [0.15, 0.2) is 30.3 Å². The molecule has 23 heavy (non-hydrogen) atoms. The monoisotopic (exact) mass is 316 g/mol.